The number of benzene rings is 1. The fraction of sp³-hybridized carbons (Fsp3) is 0.533. The Hall–Kier alpha value is -1.44. The van der Waals surface area contributed by atoms with E-state index in [9.17, 15) is 13.2 Å². The summed E-state index contributed by atoms with van der Waals surface area (Å²) in [6, 6.07) is 6.82. The molecule has 1 aromatic carbocycles. The predicted octanol–water partition coefficient (Wildman–Crippen LogP) is 1.52. The summed E-state index contributed by atoms with van der Waals surface area (Å²) < 4.78 is 31.7. The molecule has 2 saturated heterocycles. The Balaban J connectivity index is 1.73. The van der Waals surface area contributed by atoms with Crippen LogP contribution in [0.25, 0.3) is 0 Å². The molecule has 4 unspecified atom stereocenters. The second kappa shape index (κ2) is 5.64. The van der Waals surface area contributed by atoms with Gasteiger partial charge in [0.25, 0.3) is 10.0 Å². The molecule has 0 saturated carbocycles. The summed E-state index contributed by atoms with van der Waals surface area (Å²) in [4.78, 5) is 12.1. The number of sulfonamides is 1. The lowest BCUT2D eigenvalue weighted by Crippen LogP contribution is -2.27. The van der Waals surface area contributed by atoms with Crippen molar-refractivity contribution in [1.82, 2.24) is 9.42 Å². The molecule has 120 valence electrons. The molecule has 4 atom stereocenters. The molecule has 6 nitrogen and oxygen atoms in total. The first-order valence-electron chi connectivity index (χ1n) is 7.49. The van der Waals surface area contributed by atoms with Gasteiger partial charge in [0.05, 0.1) is 17.4 Å². The fourth-order valence-electron chi connectivity index (χ4n) is 2.94. The molecule has 3 rings (SSSR count). The molecular formula is C15H20N2O4S. The van der Waals surface area contributed by atoms with Crippen LogP contribution in [0.5, 0.6) is 0 Å². The first-order valence-corrected chi connectivity index (χ1v) is 8.93. The number of rotatable bonds is 4. The summed E-state index contributed by atoms with van der Waals surface area (Å²) in [6.07, 6.45) is 0.925. The maximum Gasteiger partial charge on any atom is 0.309 e. The van der Waals surface area contributed by atoms with Crippen LogP contribution in [0.3, 0.4) is 0 Å². The molecule has 2 fully saturated rings. The van der Waals surface area contributed by atoms with Gasteiger partial charge in [-0.1, -0.05) is 17.7 Å². The van der Waals surface area contributed by atoms with E-state index in [0.29, 0.717) is 30.9 Å². The van der Waals surface area contributed by atoms with Crippen LogP contribution in [0.4, 0.5) is 0 Å². The van der Waals surface area contributed by atoms with E-state index in [-0.39, 0.29) is 18.1 Å². The first kappa shape index (κ1) is 15.5. The molecule has 0 amide bonds. The number of ether oxygens (including phenoxy) is 1. The van der Waals surface area contributed by atoms with E-state index < -0.39 is 10.0 Å². The van der Waals surface area contributed by atoms with Crippen molar-refractivity contribution in [3.05, 3.63) is 29.8 Å². The summed E-state index contributed by atoms with van der Waals surface area (Å²) in [7, 11) is -3.52. The van der Waals surface area contributed by atoms with Crippen molar-refractivity contribution in [2.45, 2.75) is 37.8 Å². The van der Waals surface area contributed by atoms with Crippen LogP contribution < -0.4 is 0 Å². The second-order valence-corrected chi connectivity index (χ2v) is 7.50. The number of fused-ring (bicyclic) bond motifs is 1. The summed E-state index contributed by atoms with van der Waals surface area (Å²) in [6.45, 7) is 4.62. The van der Waals surface area contributed by atoms with Gasteiger partial charge in [0.2, 0.25) is 0 Å². The number of hydrogen-bond acceptors (Lipinski definition) is 5. The Bertz CT molecular complexity index is 671. The highest BCUT2D eigenvalue weighted by atomic mass is 32.2. The molecule has 7 heteroatoms. The zero-order valence-electron chi connectivity index (χ0n) is 12.7. The summed E-state index contributed by atoms with van der Waals surface area (Å²) in [5.41, 5.74) is 1.02. The van der Waals surface area contributed by atoms with Gasteiger partial charge in [0.1, 0.15) is 6.17 Å². The lowest BCUT2D eigenvalue weighted by Gasteiger charge is -2.17. The lowest BCUT2D eigenvalue weighted by atomic mass is 9.98. The van der Waals surface area contributed by atoms with Crippen LogP contribution in [0.15, 0.2) is 29.2 Å². The van der Waals surface area contributed by atoms with E-state index in [1.807, 2.05) is 11.9 Å². The van der Waals surface area contributed by atoms with Gasteiger partial charge >= 0.3 is 5.97 Å². The van der Waals surface area contributed by atoms with Gasteiger partial charge in [0, 0.05) is 6.54 Å². The van der Waals surface area contributed by atoms with Crippen LogP contribution in [0.1, 0.15) is 25.3 Å². The SMILES string of the molecule is CCOC(=O)C1CCN2C(C1)N2S(=O)(=O)c1ccc(C)cc1. The van der Waals surface area contributed by atoms with E-state index in [0.717, 1.165) is 5.56 Å². The number of hydrazine groups is 1. The van der Waals surface area contributed by atoms with Crippen molar-refractivity contribution >= 4 is 16.0 Å². The molecule has 2 aliphatic heterocycles. The average molecular weight is 324 g/mol. The third kappa shape index (κ3) is 2.64. The average Bonchev–Trinajstić information content (AvgIpc) is 3.22. The minimum atomic E-state index is -3.52. The topological polar surface area (TPSA) is 66.5 Å². The van der Waals surface area contributed by atoms with Crippen molar-refractivity contribution in [3.63, 3.8) is 0 Å². The van der Waals surface area contributed by atoms with Crippen molar-refractivity contribution in [1.29, 1.82) is 0 Å². The molecule has 1 aromatic rings. The highest BCUT2D eigenvalue weighted by molar-refractivity contribution is 7.89. The molecule has 2 aliphatic rings. The predicted molar refractivity (Wildman–Crippen MR) is 80.1 cm³/mol. The summed E-state index contributed by atoms with van der Waals surface area (Å²) >= 11 is 0. The Morgan fingerprint density at radius 2 is 2.00 bits per heavy atom. The quantitative estimate of drug-likeness (QED) is 0.620. The van der Waals surface area contributed by atoms with Gasteiger partial charge in [0.15, 0.2) is 0 Å². The Kier molecular flexibility index (Phi) is 3.96. The molecule has 0 N–H and O–H groups in total. The largest absolute Gasteiger partial charge is 0.466 e. The number of piperidine rings is 1. The number of carbonyl (C=O) groups excluding carboxylic acids is 1. The number of carbonyl (C=O) groups is 1. The van der Waals surface area contributed by atoms with E-state index in [1.165, 1.54) is 4.41 Å². The number of esters is 1. The van der Waals surface area contributed by atoms with Crippen LogP contribution in [0, 0.1) is 12.8 Å². The van der Waals surface area contributed by atoms with E-state index >= 15 is 0 Å². The van der Waals surface area contributed by atoms with Gasteiger partial charge < -0.3 is 4.74 Å². The van der Waals surface area contributed by atoms with Gasteiger partial charge in [-0.25, -0.2) is 13.4 Å². The highest BCUT2D eigenvalue weighted by Crippen LogP contribution is 2.42. The minimum Gasteiger partial charge on any atom is -0.466 e. The van der Waals surface area contributed by atoms with Crippen LogP contribution >= 0.6 is 0 Å². The van der Waals surface area contributed by atoms with Crippen molar-refractivity contribution in [2.75, 3.05) is 13.2 Å². The second-order valence-electron chi connectivity index (χ2n) is 5.71. The van der Waals surface area contributed by atoms with Crippen LogP contribution in [0.2, 0.25) is 0 Å². The normalized spacial score (nSPS) is 30.5. The van der Waals surface area contributed by atoms with Gasteiger partial charge in [-0.15, -0.1) is 4.41 Å². The van der Waals surface area contributed by atoms with E-state index in [2.05, 4.69) is 0 Å². The van der Waals surface area contributed by atoms with Gasteiger partial charge in [-0.3, -0.25) is 4.79 Å². The molecule has 0 aliphatic carbocycles. The first-order chi connectivity index (χ1) is 10.4. The standard InChI is InChI=1S/C15H20N2O4S/c1-3-21-15(18)12-8-9-16-14(10-12)17(16)22(19,20)13-6-4-11(2)5-7-13/h4-7,12,14H,3,8-10H2,1-2H3. The Morgan fingerprint density at radius 3 is 2.64 bits per heavy atom. The maximum atomic E-state index is 12.6. The molecule has 0 spiro atoms. The van der Waals surface area contributed by atoms with Crippen LogP contribution in [-0.4, -0.2) is 43.1 Å². The number of nitrogens with zero attached hydrogens (tertiary/aromatic N) is 2. The number of hydrogen-bond donors (Lipinski definition) is 0. The van der Waals surface area contributed by atoms with Gasteiger partial charge in [-0.05, 0) is 38.8 Å². The van der Waals surface area contributed by atoms with Crippen LogP contribution in [-0.2, 0) is 19.6 Å². The fourth-order valence-corrected chi connectivity index (χ4v) is 4.58. The Morgan fingerprint density at radius 1 is 1.32 bits per heavy atom. The summed E-state index contributed by atoms with van der Waals surface area (Å²) in [5.74, 6) is -0.429. The lowest BCUT2D eigenvalue weighted by molar-refractivity contribution is -0.149. The van der Waals surface area contributed by atoms with Crippen molar-refractivity contribution in [2.24, 2.45) is 5.92 Å². The zero-order chi connectivity index (χ0) is 15.9. The molecule has 0 bridgehead atoms. The third-order valence-corrected chi connectivity index (χ3v) is 6.00. The summed E-state index contributed by atoms with van der Waals surface area (Å²) in [5, 5.41) is 1.81. The zero-order valence-corrected chi connectivity index (χ0v) is 13.5. The Labute approximate surface area is 130 Å². The van der Waals surface area contributed by atoms with E-state index in [1.54, 1.807) is 31.2 Å². The molecule has 0 radical (unpaired) electrons. The molecule has 2 heterocycles. The molecule has 22 heavy (non-hydrogen) atoms. The van der Waals surface area contributed by atoms with Crippen molar-refractivity contribution < 1.29 is 17.9 Å². The maximum absolute atomic E-state index is 12.6. The van der Waals surface area contributed by atoms with Crippen molar-refractivity contribution in [3.8, 4) is 0 Å². The van der Waals surface area contributed by atoms with Gasteiger partial charge in [-0.2, -0.15) is 0 Å². The molecule has 0 aromatic heterocycles. The monoisotopic (exact) mass is 324 g/mol. The number of aryl methyl sites for hydroxylation is 1. The smallest absolute Gasteiger partial charge is 0.309 e. The highest BCUT2D eigenvalue weighted by Gasteiger charge is 2.57. The third-order valence-electron chi connectivity index (χ3n) is 4.18. The minimum absolute atomic E-state index is 0.209. The van der Waals surface area contributed by atoms with E-state index in [4.69, 9.17) is 4.74 Å². The molecular weight excluding hydrogens is 304 g/mol.